The number of halogens is 2. The number of hydrogen-bond donors (Lipinski definition) is 2. The fourth-order valence-electron chi connectivity index (χ4n) is 2.24. The number of rotatable bonds is 0. The summed E-state index contributed by atoms with van der Waals surface area (Å²) in [6.45, 7) is 2.41. The van der Waals surface area contributed by atoms with Gasteiger partial charge in [-0.1, -0.05) is 23.2 Å². The molecule has 5 heteroatoms. The molecule has 1 aromatic carbocycles. The predicted molar refractivity (Wildman–Crippen MR) is 66.7 cm³/mol. The lowest BCUT2D eigenvalue weighted by molar-refractivity contribution is 0.184. The van der Waals surface area contributed by atoms with Crippen LogP contribution < -0.4 is 10.6 Å². The molecule has 1 saturated heterocycles. The maximum absolute atomic E-state index is 6.01. The van der Waals surface area contributed by atoms with Crippen LogP contribution in [0, 0.1) is 0 Å². The van der Waals surface area contributed by atoms with Crippen LogP contribution in [-0.2, 0) is 4.74 Å². The SMILES string of the molecule is Clc1cc2c(cc1Cl)NC1(CCOC1)CN2. The zero-order valence-corrected chi connectivity index (χ0v) is 10.2. The molecule has 3 rings (SSSR count). The smallest absolute Gasteiger partial charge is 0.0801 e. The van der Waals surface area contributed by atoms with E-state index in [0.717, 1.165) is 37.6 Å². The van der Waals surface area contributed by atoms with Crippen LogP contribution in [0.1, 0.15) is 6.42 Å². The molecule has 0 saturated carbocycles. The van der Waals surface area contributed by atoms with Gasteiger partial charge in [0.05, 0.1) is 33.6 Å². The lowest BCUT2D eigenvalue weighted by Crippen LogP contribution is -2.48. The molecule has 0 amide bonds. The number of ether oxygens (including phenoxy) is 1. The van der Waals surface area contributed by atoms with Crippen LogP contribution in [-0.4, -0.2) is 25.3 Å². The number of fused-ring (bicyclic) bond motifs is 1. The highest BCUT2D eigenvalue weighted by Gasteiger charge is 2.37. The molecule has 0 bridgehead atoms. The maximum Gasteiger partial charge on any atom is 0.0801 e. The molecule has 2 aliphatic heterocycles. The summed E-state index contributed by atoms with van der Waals surface area (Å²) in [5, 5.41) is 8.04. The number of benzene rings is 1. The van der Waals surface area contributed by atoms with Gasteiger partial charge in [0.1, 0.15) is 0 Å². The third-order valence-electron chi connectivity index (χ3n) is 3.18. The average molecular weight is 259 g/mol. The predicted octanol–water partition coefficient (Wildman–Crippen LogP) is 2.99. The summed E-state index contributed by atoms with van der Waals surface area (Å²) < 4.78 is 5.45. The minimum Gasteiger partial charge on any atom is -0.381 e. The Kier molecular flexibility index (Phi) is 2.42. The van der Waals surface area contributed by atoms with Crippen LogP contribution in [0.5, 0.6) is 0 Å². The molecule has 3 nitrogen and oxygen atoms in total. The summed E-state index contributed by atoms with van der Waals surface area (Å²) in [6, 6.07) is 3.72. The zero-order valence-electron chi connectivity index (χ0n) is 8.65. The number of anilines is 2. The standard InChI is InChI=1S/C11H12Cl2N2O/c12-7-3-9-10(4-8(7)13)15-11(5-14-9)1-2-16-6-11/h3-4,14-15H,1-2,5-6H2. The second-order valence-electron chi connectivity index (χ2n) is 4.37. The van der Waals surface area contributed by atoms with E-state index in [4.69, 9.17) is 27.9 Å². The molecule has 86 valence electrons. The number of hydrogen-bond acceptors (Lipinski definition) is 3. The summed E-state index contributed by atoms with van der Waals surface area (Å²) in [5.74, 6) is 0. The molecular weight excluding hydrogens is 247 g/mol. The molecule has 16 heavy (non-hydrogen) atoms. The maximum atomic E-state index is 6.01. The summed E-state index contributed by atoms with van der Waals surface area (Å²) in [7, 11) is 0. The Bertz CT molecular complexity index is 430. The molecule has 0 aromatic heterocycles. The van der Waals surface area contributed by atoms with E-state index in [1.54, 1.807) is 0 Å². The fourth-order valence-corrected chi connectivity index (χ4v) is 2.56. The minimum absolute atomic E-state index is 0.0180. The molecule has 1 unspecified atom stereocenters. The molecule has 0 radical (unpaired) electrons. The van der Waals surface area contributed by atoms with Crippen LogP contribution in [0.2, 0.25) is 10.0 Å². The molecule has 1 aromatic rings. The second kappa shape index (κ2) is 3.69. The van der Waals surface area contributed by atoms with Crippen molar-refractivity contribution in [2.24, 2.45) is 0 Å². The Labute approximate surface area is 104 Å². The van der Waals surface area contributed by atoms with E-state index in [1.807, 2.05) is 12.1 Å². The normalized spacial score (nSPS) is 27.4. The van der Waals surface area contributed by atoms with Gasteiger partial charge in [-0.05, 0) is 18.6 Å². The molecule has 1 spiro atoms. The highest BCUT2D eigenvalue weighted by Crippen LogP contribution is 2.38. The minimum atomic E-state index is 0.0180. The first-order valence-corrected chi connectivity index (χ1v) is 6.03. The van der Waals surface area contributed by atoms with E-state index in [2.05, 4.69) is 10.6 Å². The first-order chi connectivity index (χ1) is 7.69. The molecule has 1 fully saturated rings. The Balaban J connectivity index is 1.96. The van der Waals surface area contributed by atoms with Crippen molar-refractivity contribution >= 4 is 34.6 Å². The van der Waals surface area contributed by atoms with E-state index >= 15 is 0 Å². The van der Waals surface area contributed by atoms with E-state index in [9.17, 15) is 0 Å². The van der Waals surface area contributed by atoms with Gasteiger partial charge in [0, 0.05) is 13.2 Å². The summed E-state index contributed by atoms with van der Waals surface area (Å²) in [4.78, 5) is 0. The highest BCUT2D eigenvalue weighted by atomic mass is 35.5. The highest BCUT2D eigenvalue weighted by molar-refractivity contribution is 6.42. The van der Waals surface area contributed by atoms with Gasteiger partial charge < -0.3 is 15.4 Å². The van der Waals surface area contributed by atoms with Crippen LogP contribution in [0.15, 0.2) is 12.1 Å². The van der Waals surface area contributed by atoms with E-state index in [0.29, 0.717) is 10.0 Å². The van der Waals surface area contributed by atoms with Gasteiger partial charge in [0.25, 0.3) is 0 Å². The van der Waals surface area contributed by atoms with Crippen LogP contribution in [0.4, 0.5) is 11.4 Å². The first-order valence-electron chi connectivity index (χ1n) is 5.27. The first kappa shape index (κ1) is 10.5. The van der Waals surface area contributed by atoms with Crippen molar-refractivity contribution in [3.8, 4) is 0 Å². The van der Waals surface area contributed by atoms with Crippen molar-refractivity contribution in [1.29, 1.82) is 0 Å². The van der Waals surface area contributed by atoms with Crippen LogP contribution in [0.25, 0.3) is 0 Å². The third-order valence-corrected chi connectivity index (χ3v) is 3.90. The van der Waals surface area contributed by atoms with Gasteiger partial charge >= 0.3 is 0 Å². The van der Waals surface area contributed by atoms with Gasteiger partial charge in [0.2, 0.25) is 0 Å². The Morgan fingerprint density at radius 2 is 1.94 bits per heavy atom. The third kappa shape index (κ3) is 1.63. The number of nitrogens with one attached hydrogen (secondary N) is 2. The van der Waals surface area contributed by atoms with Crippen molar-refractivity contribution in [1.82, 2.24) is 0 Å². The van der Waals surface area contributed by atoms with Crippen LogP contribution in [0.3, 0.4) is 0 Å². The zero-order chi connectivity index (χ0) is 11.2. The monoisotopic (exact) mass is 258 g/mol. The summed E-state index contributed by atoms with van der Waals surface area (Å²) in [6.07, 6.45) is 1.01. The van der Waals surface area contributed by atoms with E-state index in [1.165, 1.54) is 0 Å². The molecule has 2 heterocycles. The van der Waals surface area contributed by atoms with E-state index in [-0.39, 0.29) is 5.54 Å². The van der Waals surface area contributed by atoms with Crippen molar-refractivity contribution in [3.63, 3.8) is 0 Å². The quantitative estimate of drug-likeness (QED) is 0.751. The van der Waals surface area contributed by atoms with Crippen molar-refractivity contribution in [2.75, 3.05) is 30.4 Å². The van der Waals surface area contributed by atoms with Gasteiger partial charge in [-0.2, -0.15) is 0 Å². The van der Waals surface area contributed by atoms with Gasteiger partial charge in [-0.25, -0.2) is 0 Å². The van der Waals surface area contributed by atoms with E-state index < -0.39 is 0 Å². The van der Waals surface area contributed by atoms with Crippen molar-refractivity contribution in [3.05, 3.63) is 22.2 Å². The topological polar surface area (TPSA) is 33.3 Å². The second-order valence-corrected chi connectivity index (χ2v) is 5.19. The van der Waals surface area contributed by atoms with Gasteiger partial charge in [-0.15, -0.1) is 0 Å². The molecule has 2 N–H and O–H groups in total. The lowest BCUT2D eigenvalue weighted by Gasteiger charge is -2.36. The fraction of sp³-hybridized carbons (Fsp3) is 0.455. The Hall–Kier alpha value is -0.640. The Morgan fingerprint density at radius 3 is 2.62 bits per heavy atom. The summed E-state index contributed by atoms with van der Waals surface area (Å²) in [5.41, 5.74) is 2.03. The lowest BCUT2D eigenvalue weighted by atomic mass is 9.95. The largest absolute Gasteiger partial charge is 0.381 e. The Morgan fingerprint density at radius 1 is 1.19 bits per heavy atom. The van der Waals surface area contributed by atoms with Crippen molar-refractivity contribution < 1.29 is 4.74 Å². The molecule has 2 aliphatic rings. The summed E-state index contributed by atoms with van der Waals surface area (Å²) >= 11 is 12.0. The van der Waals surface area contributed by atoms with Crippen molar-refractivity contribution in [2.45, 2.75) is 12.0 Å². The average Bonchev–Trinajstić information content (AvgIpc) is 2.69. The van der Waals surface area contributed by atoms with Gasteiger partial charge in [-0.3, -0.25) is 0 Å². The van der Waals surface area contributed by atoms with Gasteiger partial charge in [0.15, 0.2) is 0 Å². The molecule has 1 atom stereocenters. The van der Waals surface area contributed by atoms with Crippen LogP contribution >= 0.6 is 23.2 Å². The molecular formula is C11H12Cl2N2O. The molecule has 0 aliphatic carbocycles.